The molecule has 1 fully saturated rings. The second-order valence-corrected chi connectivity index (χ2v) is 10.7. The molecule has 196 valence electrons. The lowest BCUT2D eigenvalue weighted by Gasteiger charge is -2.32. The number of rotatable bonds is 8. The van der Waals surface area contributed by atoms with E-state index in [0.717, 1.165) is 31.4 Å². The normalized spacial score (nSPS) is 17.3. The Kier molecular flexibility index (Phi) is 9.00. The van der Waals surface area contributed by atoms with Crippen LogP contribution in [0.5, 0.6) is 5.75 Å². The Balaban J connectivity index is 1.30. The van der Waals surface area contributed by atoms with Crippen LogP contribution in [0.2, 0.25) is 5.02 Å². The van der Waals surface area contributed by atoms with Gasteiger partial charge in [0.05, 0.1) is 11.1 Å². The Morgan fingerprint density at radius 3 is 2.49 bits per heavy atom. The van der Waals surface area contributed by atoms with Crippen LogP contribution in [0.15, 0.2) is 47.8 Å². The lowest BCUT2D eigenvalue weighted by atomic mass is 9.90. The first-order valence-corrected chi connectivity index (χ1v) is 13.5. The minimum atomic E-state index is -0.556. The van der Waals surface area contributed by atoms with Crippen LogP contribution in [-0.4, -0.2) is 29.0 Å². The third kappa shape index (κ3) is 7.42. The van der Waals surface area contributed by atoms with Crippen molar-refractivity contribution in [2.75, 3.05) is 5.32 Å². The van der Waals surface area contributed by atoms with Crippen molar-refractivity contribution in [2.24, 2.45) is 0 Å². The molecule has 3 aromatic rings. The molecule has 4 rings (SSSR count). The fraction of sp³-hybridized carbons (Fsp3) is 0.370. The molecule has 3 amide bonds. The van der Waals surface area contributed by atoms with E-state index in [1.54, 1.807) is 5.38 Å². The van der Waals surface area contributed by atoms with E-state index in [2.05, 4.69) is 34.8 Å². The van der Waals surface area contributed by atoms with Gasteiger partial charge in [0, 0.05) is 17.1 Å². The summed E-state index contributed by atoms with van der Waals surface area (Å²) in [4.78, 5) is 29.9. The molecule has 1 aliphatic rings. The number of hydrogen-bond donors (Lipinski definition) is 3. The fourth-order valence-electron chi connectivity index (χ4n) is 4.20. The molecule has 0 spiro atoms. The molecular weight excluding hydrogens is 515 g/mol. The van der Waals surface area contributed by atoms with Crippen molar-refractivity contribution in [3.05, 3.63) is 74.9 Å². The number of aromatic nitrogens is 1. The molecule has 1 aromatic heterocycles. The third-order valence-corrected chi connectivity index (χ3v) is 7.38. The highest BCUT2D eigenvalue weighted by Gasteiger charge is 2.29. The number of ether oxygens (including phenoxy) is 1. The van der Waals surface area contributed by atoms with Crippen LogP contribution < -0.4 is 20.7 Å². The molecule has 0 radical (unpaired) electrons. The van der Waals surface area contributed by atoms with Crippen molar-refractivity contribution >= 4 is 40.6 Å². The monoisotopic (exact) mass is 544 g/mol. The van der Waals surface area contributed by atoms with Crippen LogP contribution in [0.25, 0.3) is 0 Å². The van der Waals surface area contributed by atoms with Crippen molar-refractivity contribution in [1.82, 2.24) is 15.6 Å². The number of thiazole rings is 1. The topological polar surface area (TPSA) is 92.3 Å². The second-order valence-electron chi connectivity index (χ2n) is 9.34. The van der Waals surface area contributed by atoms with Crippen LogP contribution in [0, 0.1) is 5.82 Å². The lowest BCUT2D eigenvalue weighted by Crippen LogP contribution is -2.54. The number of halogens is 2. The first-order chi connectivity index (χ1) is 17.8. The van der Waals surface area contributed by atoms with Gasteiger partial charge in [-0.25, -0.2) is 14.2 Å². The standard InChI is InChI=1S/C27H30ClFN4O3S/c1-16(2)17-7-10-19(11-8-17)36-14-25-31-24(15-37-25)26(34)32-22-5-3-4-6-23(22)33-27(35)30-18-9-12-21(29)20(28)13-18/h7-13,15-16,22-23H,3-6,14H2,1-2H3,(H,32,34)(H2,30,33,35). The summed E-state index contributed by atoms with van der Waals surface area (Å²) in [5.74, 6) is 0.368. The SMILES string of the molecule is CC(C)c1ccc(OCc2nc(C(=O)NC3CCCCC3NC(=O)Nc3ccc(F)c(Cl)c3)cs2)cc1. The van der Waals surface area contributed by atoms with Crippen molar-refractivity contribution in [3.63, 3.8) is 0 Å². The zero-order valence-corrected chi connectivity index (χ0v) is 22.3. The first kappa shape index (κ1) is 26.9. The van der Waals surface area contributed by atoms with Gasteiger partial charge in [-0.3, -0.25) is 4.79 Å². The number of nitrogens with one attached hydrogen (secondary N) is 3. The van der Waals surface area contributed by atoms with E-state index in [1.807, 2.05) is 24.3 Å². The summed E-state index contributed by atoms with van der Waals surface area (Å²) >= 11 is 7.16. The highest BCUT2D eigenvalue weighted by atomic mass is 35.5. The van der Waals surface area contributed by atoms with Crippen LogP contribution in [0.3, 0.4) is 0 Å². The van der Waals surface area contributed by atoms with E-state index >= 15 is 0 Å². The van der Waals surface area contributed by atoms with Crippen LogP contribution >= 0.6 is 22.9 Å². The average molecular weight is 545 g/mol. The Labute approximate surface area is 224 Å². The van der Waals surface area contributed by atoms with Gasteiger partial charge < -0.3 is 20.7 Å². The van der Waals surface area contributed by atoms with E-state index in [9.17, 15) is 14.0 Å². The van der Waals surface area contributed by atoms with Crippen molar-refractivity contribution in [2.45, 2.75) is 64.1 Å². The number of urea groups is 1. The van der Waals surface area contributed by atoms with E-state index in [1.165, 1.54) is 35.1 Å². The van der Waals surface area contributed by atoms with Crippen LogP contribution in [0.1, 0.15) is 66.5 Å². The maximum atomic E-state index is 13.4. The number of carbonyl (C=O) groups excluding carboxylic acids is 2. The molecular formula is C27H30ClFN4O3S. The molecule has 1 saturated carbocycles. The Morgan fingerprint density at radius 2 is 1.81 bits per heavy atom. The molecule has 7 nitrogen and oxygen atoms in total. The summed E-state index contributed by atoms with van der Waals surface area (Å²) in [5, 5.41) is 11.0. The van der Waals surface area contributed by atoms with E-state index in [-0.39, 0.29) is 29.6 Å². The number of hydrogen-bond acceptors (Lipinski definition) is 5. The van der Waals surface area contributed by atoms with Gasteiger partial charge in [-0.05, 0) is 54.7 Å². The van der Waals surface area contributed by atoms with Crippen LogP contribution in [0.4, 0.5) is 14.9 Å². The van der Waals surface area contributed by atoms with Crippen molar-refractivity contribution < 1.29 is 18.7 Å². The summed E-state index contributed by atoms with van der Waals surface area (Å²) in [6.45, 7) is 4.56. The van der Waals surface area contributed by atoms with Crippen molar-refractivity contribution in [3.8, 4) is 5.75 Å². The quantitative estimate of drug-likeness (QED) is 0.302. The number of amides is 3. The largest absolute Gasteiger partial charge is 0.486 e. The molecule has 2 aromatic carbocycles. The molecule has 37 heavy (non-hydrogen) atoms. The average Bonchev–Trinajstić information content (AvgIpc) is 3.36. The molecule has 3 N–H and O–H groups in total. The number of anilines is 1. The van der Waals surface area contributed by atoms with Gasteiger partial charge in [0.25, 0.3) is 5.91 Å². The fourth-order valence-corrected chi connectivity index (χ4v) is 5.07. The summed E-state index contributed by atoms with van der Waals surface area (Å²) in [7, 11) is 0. The van der Waals surface area contributed by atoms with Gasteiger partial charge in [0.2, 0.25) is 0 Å². The molecule has 0 aliphatic heterocycles. The zero-order valence-electron chi connectivity index (χ0n) is 20.7. The molecule has 2 atom stereocenters. The molecule has 10 heteroatoms. The second kappa shape index (κ2) is 12.4. The van der Waals surface area contributed by atoms with Gasteiger partial charge in [-0.15, -0.1) is 11.3 Å². The van der Waals surface area contributed by atoms with Gasteiger partial charge in [-0.1, -0.05) is 50.4 Å². The summed E-state index contributed by atoms with van der Waals surface area (Å²) in [6, 6.07) is 11.0. The minimum absolute atomic E-state index is 0.0716. The summed E-state index contributed by atoms with van der Waals surface area (Å²) < 4.78 is 19.2. The lowest BCUT2D eigenvalue weighted by molar-refractivity contribution is 0.0911. The highest BCUT2D eigenvalue weighted by molar-refractivity contribution is 7.09. The predicted octanol–water partition coefficient (Wildman–Crippen LogP) is 6.50. The highest BCUT2D eigenvalue weighted by Crippen LogP contribution is 2.23. The summed E-state index contributed by atoms with van der Waals surface area (Å²) in [5.41, 5.74) is 1.95. The maximum Gasteiger partial charge on any atom is 0.319 e. The van der Waals surface area contributed by atoms with Gasteiger partial charge in [0.1, 0.15) is 28.9 Å². The number of carbonyl (C=O) groups is 2. The summed E-state index contributed by atoms with van der Waals surface area (Å²) in [6.07, 6.45) is 3.36. The Hall–Kier alpha value is -3.17. The Bertz CT molecular complexity index is 1230. The van der Waals surface area contributed by atoms with Gasteiger partial charge in [0.15, 0.2) is 0 Å². The van der Waals surface area contributed by atoms with E-state index < -0.39 is 11.8 Å². The predicted molar refractivity (Wildman–Crippen MR) is 144 cm³/mol. The van der Waals surface area contributed by atoms with E-state index in [0.29, 0.717) is 22.3 Å². The zero-order chi connectivity index (χ0) is 26.4. The van der Waals surface area contributed by atoms with Gasteiger partial charge >= 0.3 is 6.03 Å². The molecule has 1 heterocycles. The van der Waals surface area contributed by atoms with Crippen LogP contribution in [-0.2, 0) is 6.61 Å². The molecule has 0 bridgehead atoms. The molecule has 0 saturated heterocycles. The smallest absolute Gasteiger partial charge is 0.319 e. The van der Waals surface area contributed by atoms with E-state index in [4.69, 9.17) is 16.3 Å². The van der Waals surface area contributed by atoms with Gasteiger partial charge in [-0.2, -0.15) is 0 Å². The molecule has 2 unspecified atom stereocenters. The third-order valence-electron chi connectivity index (χ3n) is 6.27. The molecule has 1 aliphatic carbocycles. The maximum absolute atomic E-state index is 13.4. The Morgan fingerprint density at radius 1 is 1.11 bits per heavy atom. The first-order valence-electron chi connectivity index (χ1n) is 12.3. The van der Waals surface area contributed by atoms with Crippen molar-refractivity contribution in [1.29, 1.82) is 0 Å². The number of nitrogens with zero attached hydrogens (tertiary/aromatic N) is 1. The number of benzene rings is 2. The minimum Gasteiger partial charge on any atom is -0.486 e.